The van der Waals surface area contributed by atoms with Crippen LogP contribution >= 0.6 is 0 Å². The van der Waals surface area contributed by atoms with Crippen LogP contribution < -0.4 is 10.1 Å². The zero-order valence-electron chi connectivity index (χ0n) is 13.7. The minimum atomic E-state index is 0.0773. The molecule has 0 spiro atoms. The van der Waals surface area contributed by atoms with E-state index in [4.69, 9.17) is 4.74 Å². The molecule has 0 unspecified atom stereocenters. The van der Waals surface area contributed by atoms with Crippen molar-refractivity contribution in [2.24, 2.45) is 0 Å². The van der Waals surface area contributed by atoms with E-state index >= 15 is 0 Å². The molecule has 0 fully saturated rings. The van der Waals surface area contributed by atoms with Gasteiger partial charge in [-0.05, 0) is 48.2 Å². The molecule has 0 saturated carbocycles. The number of rotatable bonds is 7. The van der Waals surface area contributed by atoms with E-state index in [1.165, 1.54) is 5.56 Å². The van der Waals surface area contributed by atoms with Crippen LogP contribution in [0, 0.1) is 0 Å². The highest BCUT2D eigenvalue weighted by molar-refractivity contribution is 5.76. The Hall–Kier alpha value is -2.82. The zero-order valence-corrected chi connectivity index (χ0v) is 13.7. The molecule has 1 amide bonds. The number of carbonyl (C=O) groups is 1. The average Bonchev–Trinajstić information content (AvgIpc) is 3.08. The molecule has 1 aromatic heterocycles. The number of benzene rings is 2. The second-order valence-electron chi connectivity index (χ2n) is 5.70. The van der Waals surface area contributed by atoms with Gasteiger partial charge in [0.05, 0.1) is 24.5 Å². The predicted octanol–water partition coefficient (Wildman–Crippen LogP) is 2.86. The van der Waals surface area contributed by atoms with Gasteiger partial charge in [-0.3, -0.25) is 4.79 Å². The number of ether oxygens (including phenoxy) is 1. The first-order chi connectivity index (χ1) is 11.7. The summed E-state index contributed by atoms with van der Waals surface area (Å²) >= 11 is 0. The van der Waals surface area contributed by atoms with Crippen molar-refractivity contribution < 1.29 is 9.53 Å². The summed E-state index contributed by atoms with van der Waals surface area (Å²) in [6.45, 7) is 0.640. The summed E-state index contributed by atoms with van der Waals surface area (Å²) in [7, 11) is 1.65. The first-order valence-corrected chi connectivity index (χ1v) is 8.06. The molecule has 0 atom stereocenters. The number of aromatic nitrogens is 2. The second-order valence-corrected chi connectivity index (χ2v) is 5.70. The lowest BCUT2D eigenvalue weighted by atomic mass is 10.1. The molecule has 2 aromatic carbocycles. The molecule has 0 saturated heterocycles. The van der Waals surface area contributed by atoms with E-state index in [2.05, 4.69) is 21.4 Å². The molecule has 24 heavy (non-hydrogen) atoms. The number of nitrogens with zero attached hydrogens (tertiary/aromatic N) is 1. The Balaban J connectivity index is 1.41. The topological polar surface area (TPSA) is 67.0 Å². The van der Waals surface area contributed by atoms with E-state index < -0.39 is 0 Å². The molecule has 124 valence electrons. The summed E-state index contributed by atoms with van der Waals surface area (Å²) in [6, 6.07) is 13.9. The van der Waals surface area contributed by atoms with E-state index in [-0.39, 0.29) is 5.91 Å². The van der Waals surface area contributed by atoms with Gasteiger partial charge in [-0.25, -0.2) is 4.98 Å². The van der Waals surface area contributed by atoms with Gasteiger partial charge in [-0.2, -0.15) is 0 Å². The monoisotopic (exact) mass is 323 g/mol. The average molecular weight is 323 g/mol. The summed E-state index contributed by atoms with van der Waals surface area (Å²) in [4.78, 5) is 19.2. The van der Waals surface area contributed by atoms with Crippen LogP contribution in [0.3, 0.4) is 0 Å². The Morgan fingerprint density at radius 2 is 1.92 bits per heavy atom. The fourth-order valence-electron chi connectivity index (χ4n) is 2.62. The molecule has 0 aliphatic carbocycles. The molecule has 0 radical (unpaired) electrons. The molecule has 5 nitrogen and oxygen atoms in total. The van der Waals surface area contributed by atoms with E-state index in [0.717, 1.165) is 35.2 Å². The maximum absolute atomic E-state index is 11.9. The molecular weight excluding hydrogens is 302 g/mol. The summed E-state index contributed by atoms with van der Waals surface area (Å²) < 4.78 is 5.13. The third-order valence-electron chi connectivity index (χ3n) is 4.02. The third-order valence-corrected chi connectivity index (χ3v) is 4.02. The lowest BCUT2D eigenvalue weighted by molar-refractivity contribution is -0.121. The maximum Gasteiger partial charge on any atom is 0.220 e. The Kier molecular flexibility index (Phi) is 5.11. The van der Waals surface area contributed by atoms with Crippen LogP contribution in [0.4, 0.5) is 0 Å². The summed E-state index contributed by atoms with van der Waals surface area (Å²) in [5.41, 5.74) is 4.30. The van der Waals surface area contributed by atoms with Crippen LogP contribution in [0.15, 0.2) is 48.8 Å². The summed E-state index contributed by atoms with van der Waals surface area (Å²) in [6.07, 6.45) is 3.72. The fraction of sp³-hybridized carbons (Fsp3) is 0.263. The molecule has 2 N–H and O–H groups in total. The lowest BCUT2D eigenvalue weighted by Crippen LogP contribution is -2.25. The lowest BCUT2D eigenvalue weighted by Gasteiger charge is -2.06. The fourth-order valence-corrected chi connectivity index (χ4v) is 2.62. The number of aromatic amines is 1. The number of methoxy groups -OCH3 is 1. The number of hydrogen-bond donors (Lipinski definition) is 2. The van der Waals surface area contributed by atoms with Crippen LogP contribution in [0.2, 0.25) is 0 Å². The third kappa shape index (κ3) is 4.13. The first kappa shape index (κ1) is 16.1. The van der Waals surface area contributed by atoms with E-state index in [1.807, 2.05) is 36.4 Å². The quantitative estimate of drug-likeness (QED) is 0.702. The number of imidazole rings is 1. The van der Waals surface area contributed by atoms with Crippen molar-refractivity contribution in [1.82, 2.24) is 15.3 Å². The van der Waals surface area contributed by atoms with Crippen LogP contribution in [0.5, 0.6) is 5.75 Å². The Morgan fingerprint density at radius 1 is 1.12 bits per heavy atom. The van der Waals surface area contributed by atoms with Gasteiger partial charge in [0.15, 0.2) is 0 Å². The van der Waals surface area contributed by atoms with Gasteiger partial charge in [0.2, 0.25) is 5.91 Å². The van der Waals surface area contributed by atoms with E-state index in [0.29, 0.717) is 13.0 Å². The number of nitrogens with one attached hydrogen (secondary N) is 2. The van der Waals surface area contributed by atoms with Gasteiger partial charge in [0.25, 0.3) is 0 Å². The number of carbonyl (C=O) groups excluding carboxylic acids is 1. The van der Waals surface area contributed by atoms with Crippen molar-refractivity contribution in [3.63, 3.8) is 0 Å². The minimum absolute atomic E-state index is 0.0773. The minimum Gasteiger partial charge on any atom is -0.497 e. The number of aryl methyl sites for hydroxylation is 1. The predicted molar refractivity (Wildman–Crippen MR) is 94.1 cm³/mol. The number of hydrogen-bond acceptors (Lipinski definition) is 3. The standard InChI is InChI=1S/C19H21N3O2/c1-24-16-6-2-14(3-7-16)5-9-19(23)20-11-10-15-4-8-17-18(12-15)22-13-21-17/h2-4,6-8,12-13H,5,9-11H2,1H3,(H,20,23)(H,21,22). The van der Waals surface area contributed by atoms with Crippen LogP contribution in [0.1, 0.15) is 17.5 Å². The molecule has 3 aromatic rings. The highest BCUT2D eigenvalue weighted by Crippen LogP contribution is 2.13. The highest BCUT2D eigenvalue weighted by atomic mass is 16.5. The summed E-state index contributed by atoms with van der Waals surface area (Å²) in [5, 5.41) is 2.98. The van der Waals surface area contributed by atoms with Crippen molar-refractivity contribution in [2.75, 3.05) is 13.7 Å². The number of H-pyrrole nitrogens is 1. The van der Waals surface area contributed by atoms with Crippen molar-refractivity contribution in [3.05, 3.63) is 59.9 Å². The van der Waals surface area contributed by atoms with Crippen LogP contribution in [0.25, 0.3) is 11.0 Å². The van der Waals surface area contributed by atoms with E-state index in [1.54, 1.807) is 13.4 Å². The Bertz CT molecular complexity index is 809. The number of amides is 1. The second kappa shape index (κ2) is 7.64. The van der Waals surface area contributed by atoms with Gasteiger partial charge >= 0.3 is 0 Å². The van der Waals surface area contributed by atoms with Gasteiger partial charge in [0.1, 0.15) is 5.75 Å². The maximum atomic E-state index is 11.9. The van der Waals surface area contributed by atoms with Crippen molar-refractivity contribution in [1.29, 1.82) is 0 Å². The molecule has 0 aliphatic rings. The van der Waals surface area contributed by atoms with Gasteiger partial charge in [0, 0.05) is 13.0 Å². The van der Waals surface area contributed by atoms with Crippen LogP contribution in [-0.4, -0.2) is 29.5 Å². The largest absolute Gasteiger partial charge is 0.497 e. The molecular formula is C19H21N3O2. The van der Waals surface area contributed by atoms with Gasteiger partial charge in [-0.15, -0.1) is 0 Å². The smallest absolute Gasteiger partial charge is 0.220 e. The molecule has 0 aliphatic heterocycles. The van der Waals surface area contributed by atoms with E-state index in [9.17, 15) is 4.79 Å². The SMILES string of the molecule is COc1ccc(CCC(=O)NCCc2ccc3nc[nH]c3c2)cc1. The first-order valence-electron chi connectivity index (χ1n) is 8.06. The van der Waals surface area contributed by atoms with Crippen molar-refractivity contribution in [3.8, 4) is 5.75 Å². The van der Waals surface area contributed by atoms with Crippen LogP contribution in [-0.2, 0) is 17.6 Å². The van der Waals surface area contributed by atoms with Crippen molar-refractivity contribution in [2.45, 2.75) is 19.3 Å². The van der Waals surface area contributed by atoms with Gasteiger partial charge in [-0.1, -0.05) is 18.2 Å². The zero-order chi connectivity index (χ0) is 16.8. The van der Waals surface area contributed by atoms with Gasteiger partial charge < -0.3 is 15.0 Å². The molecule has 1 heterocycles. The van der Waals surface area contributed by atoms with Crippen molar-refractivity contribution >= 4 is 16.9 Å². The Labute approximate surface area is 141 Å². The molecule has 5 heteroatoms. The summed E-state index contributed by atoms with van der Waals surface area (Å²) in [5.74, 6) is 0.908. The highest BCUT2D eigenvalue weighted by Gasteiger charge is 2.03. The number of fused-ring (bicyclic) bond motifs is 1. The molecule has 3 rings (SSSR count). The Morgan fingerprint density at radius 3 is 2.71 bits per heavy atom. The normalized spacial score (nSPS) is 10.7. The molecule has 0 bridgehead atoms.